The van der Waals surface area contributed by atoms with Crippen LogP contribution in [0.1, 0.15) is 0 Å². The van der Waals surface area contributed by atoms with Crippen LogP contribution < -0.4 is 0 Å². The SMILES string of the molecule is O=C(O)C(F)(F)F.O=C(O)C(F)(F)F.O=C(O)C(F)(F)F.O=C(O)C(F)(F)F.O=C(O)C(F)(F)F.O=C(O)C(F)(F)F.[O]=[Zn].[Zn].[Zn].[Zn]. The second-order valence-corrected chi connectivity index (χ2v) is 4.82. The molecule has 0 heterocycles. The summed E-state index contributed by atoms with van der Waals surface area (Å²) in [4.78, 5) is 53.4. The molecule has 0 fully saturated rings. The molecule has 0 saturated carbocycles. The summed E-state index contributed by atoms with van der Waals surface area (Å²) in [5.74, 6) is -16.5. The predicted molar refractivity (Wildman–Crippen MR) is 82.8 cm³/mol. The minimum atomic E-state index is -5.08. The smallest absolute Gasteiger partial charge is 0 e. The van der Waals surface area contributed by atoms with Gasteiger partial charge in [0.2, 0.25) is 0 Å². The summed E-state index contributed by atoms with van der Waals surface area (Å²) in [6.07, 6.45) is -30.5. The molecule has 13 nitrogen and oxygen atoms in total. The van der Waals surface area contributed by atoms with Crippen molar-refractivity contribution in [3.05, 3.63) is 0 Å². The Morgan fingerprint density at radius 2 is 0.298 bits per heavy atom. The number of rotatable bonds is 0. The summed E-state index contributed by atoms with van der Waals surface area (Å²) < 4.78 is 199. The van der Waals surface area contributed by atoms with Gasteiger partial charge in [-0.05, 0) is 0 Å². The Bertz CT molecular complexity index is 723. The fraction of sp³-hybridized carbons (Fsp3) is 0.500. The molecule has 266 valence electrons. The van der Waals surface area contributed by atoms with Crippen LogP contribution in [0.25, 0.3) is 0 Å². The van der Waals surface area contributed by atoms with Crippen molar-refractivity contribution in [2.75, 3.05) is 0 Å². The van der Waals surface area contributed by atoms with E-state index in [1.165, 1.54) is 0 Å². The molecule has 0 radical (unpaired) electrons. The third-order valence-electron chi connectivity index (χ3n) is 1.46. The van der Waals surface area contributed by atoms with Crippen molar-refractivity contribution in [3.63, 3.8) is 0 Å². The first kappa shape index (κ1) is 71.0. The summed E-state index contributed by atoms with van der Waals surface area (Å²) in [5.41, 5.74) is 0. The molecule has 0 bridgehead atoms. The molecule has 0 aliphatic rings. The molecule has 0 rings (SSSR count). The van der Waals surface area contributed by atoms with Gasteiger partial charge < -0.3 is 30.6 Å². The van der Waals surface area contributed by atoms with Crippen LogP contribution in [0.15, 0.2) is 0 Å². The Hall–Kier alpha value is -2.15. The van der Waals surface area contributed by atoms with Gasteiger partial charge in [-0.3, -0.25) is 0 Å². The number of halogens is 18. The maximum Gasteiger partial charge on any atom is 0 e. The number of aliphatic carboxylic acids is 6. The van der Waals surface area contributed by atoms with Crippen LogP contribution in [0.5, 0.6) is 0 Å². The third kappa shape index (κ3) is 67.0. The van der Waals surface area contributed by atoms with Crippen LogP contribution in [0.2, 0.25) is 0 Å². The average molecular weight is 962 g/mol. The molecule has 6 N–H and O–H groups in total. The number of hydrogen-bond acceptors (Lipinski definition) is 7. The van der Waals surface area contributed by atoms with E-state index in [4.69, 9.17) is 63.0 Å². The fourth-order valence-corrected chi connectivity index (χ4v) is 0. The maximum absolute atomic E-state index is 10.6. The molecule has 0 aromatic carbocycles. The minimum Gasteiger partial charge on any atom is 0 e. The second kappa shape index (κ2) is 30.0. The van der Waals surface area contributed by atoms with E-state index in [9.17, 15) is 79.0 Å². The van der Waals surface area contributed by atoms with Crippen molar-refractivity contribution in [3.8, 4) is 0 Å². The molecule has 47 heavy (non-hydrogen) atoms. The van der Waals surface area contributed by atoms with E-state index in [1.54, 1.807) is 0 Å². The van der Waals surface area contributed by atoms with Gasteiger partial charge in [-0.2, -0.15) is 79.0 Å². The standard InChI is InChI=1S/6C2HF3O2.O.4Zn/c6*3-2(4,5)1(6)7;;;;;/h6*(H,6,7);;;;;. The van der Waals surface area contributed by atoms with E-state index in [0.29, 0.717) is 0 Å². The molecule has 0 aromatic heterocycles. The van der Waals surface area contributed by atoms with E-state index in [2.05, 4.69) is 0 Å². The van der Waals surface area contributed by atoms with Crippen molar-refractivity contribution >= 4 is 35.8 Å². The molecule has 0 saturated heterocycles. The van der Waals surface area contributed by atoms with E-state index in [-0.39, 0.29) is 76.7 Å². The number of alkyl halides is 18. The maximum atomic E-state index is 10.6. The Kier molecular flexibility index (Phi) is 45.3. The number of carboxylic acids is 6. The Morgan fingerprint density at radius 3 is 0.298 bits per heavy atom. The van der Waals surface area contributed by atoms with Gasteiger partial charge in [-0.25, -0.2) is 28.8 Å². The molecule has 0 aromatic rings. The van der Waals surface area contributed by atoms with Crippen molar-refractivity contribution in [2.45, 2.75) is 37.1 Å². The van der Waals surface area contributed by atoms with Crippen LogP contribution >= 0.6 is 0 Å². The van der Waals surface area contributed by atoms with E-state index >= 15 is 0 Å². The van der Waals surface area contributed by atoms with Gasteiger partial charge >= 0.3 is 94.7 Å². The zero-order valence-corrected chi connectivity index (χ0v) is 33.0. The zero-order valence-electron chi connectivity index (χ0n) is 21.2. The number of carbonyl (C=O) groups is 6. The third-order valence-corrected chi connectivity index (χ3v) is 1.46. The molecular weight excluding hydrogens is 956 g/mol. The Labute approximate surface area is 290 Å². The number of hydrogen-bond donors (Lipinski definition) is 6. The Morgan fingerprint density at radius 1 is 0.277 bits per heavy atom. The van der Waals surface area contributed by atoms with Crippen LogP contribution in [0.4, 0.5) is 79.0 Å². The molecule has 0 atom stereocenters. The minimum absolute atomic E-state index is 0. The van der Waals surface area contributed by atoms with Crippen LogP contribution in [-0.4, -0.2) is 104 Å². The van der Waals surface area contributed by atoms with Crippen molar-refractivity contribution < 1.29 is 219 Å². The largest absolute Gasteiger partial charge is 0 e. The summed E-state index contributed by atoms with van der Waals surface area (Å²) in [6, 6.07) is 0. The average Bonchev–Trinajstić information content (AvgIpc) is 2.73. The van der Waals surface area contributed by atoms with Crippen molar-refractivity contribution in [1.82, 2.24) is 0 Å². The van der Waals surface area contributed by atoms with Crippen LogP contribution in [-0.2, 0) is 109 Å². The van der Waals surface area contributed by atoms with E-state index in [1.807, 2.05) is 0 Å². The molecule has 35 heteroatoms. The quantitative estimate of drug-likeness (QED) is 0.150. The first-order valence-corrected chi connectivity index (χ1v) is 8.97. The molecular formula is C12H6F18O13Zn4. The molecule has 0 amide bonds. The van der Waals surface area contributed by atoms with Gasteiger partial charge in [0.1, 0.15) is 0 Å². The van der Waals surface area contributed by atoms with Gasteiger partial charge in [0.25, 0.3) is 0 Å². The topological polar surface area (TPSA) is 241 Å². The normalized spacial score (nSPS) is 10.2. The van der Waals surface area contributed by atoms with Crippen molar-refractivity contribution in [1.29, 1.82) is 0 Å². The second-order valence-electron chi connectivity index (χ2n) is 4.82. The van der Waals surface area contributed by atoms with Gasteiger partial charge in [-0.15, -0.1) is 0 Å². The monoisotopic (exact) mass is 956 g/mol. The van der Waals surface area contributed by atoms with E-state index < -0.39 is 72.9 Å². The van der Waals surface area contributed by atoms with Crippen molar-refractivity contribution in [2.24, 2.45) is 0 Å². The first-order chi connectivity index (χ1) is 18.7. The zero-order chi connectivity index (χ0) is 38.5. The molecule has 0 aliphatic carbocycles. The summed E-state index contributed by atoms with van der Waals surface area (Å²) in [7, 11) is 0. The van der Waals surface area contributed by atoms with E-state index in [0.717, 1.165) is 0 Å². The van der Waals surface area contributed by atoms with Crippen LogP contribution in [0, 0.1) is 0 Å². The van der Waals surface area contributed by atoms with Gasteiger partial charge in [0.15, 0.2) is 0 Å². The molecule has 0 unspecified atom stereocenters. The van der Waals surface area contributed by atoms with Gasteiger partial charge in [0, 0.05) is 58.4 Å². The molecule has 0 aliphatic heterocycles. The fourth-order valence-electron chi connectivity index (χ4n) is 0. The predicted octanol–water partition coefficient (Wildman–Crippen LogP) is 3.67. The summed E-state index contributed by atoms with van der Waals surface area (Å²) in [6.45, 7) is 0. The summed E-state index contributed by atoms with van der Waals surface area (Å²) in [5, 5.41) is 42.8. The Balaban J connectivity index is -0.0000000427. The first-order valence-electron chi connectivity index (χ1n) is 7.76. The van der Waals surface area contributed by atoms with Crippen LogP contribution in [0.3, 0.4) is 0 Å². The van der Waals surface area contributed by atoms with Gasteiger partial charge in [-0.1, -0.05) is 0 Å². The number of carboxylic acid groups (broad SMARTS) is 6. The molecule has 0 spiro atoms. The summed E-state index contributed by atoms with van der Waals surface area (Å²) >= 11 is 0.125. The van der Waals surface area contributed by atoms with Gasteiger partial charge in [0.05, 0.1) is 0 Å².